The summed E-state index contributed by atoms with van der Waals surface area (Å²) in [5.74, 6) is 1.91. The fourth-order valence-electron chi connectivity index (χ4n) is 4.48. The molecule has 7 nitrogen and oxygen atoms in total. The highest BCUT2D eigenvalue weighted by molar-refractivity contribution is 5.79. The molecule has 0 unspecified atom stereocenters. The summed E-state index contributed by atoms with van der Waals surface area (Å²) in [6.45, 7) is 5.55. The van der Waals surface area contributed by atoms with Crippen molar-refractivity contribution in [3.05, 3.63) is 84.1 Å². The molecule has 1 saturated heterocycles. The van der Waals surface area contributed by atoms with Gasteiger partial charge in [-0.05, 0) is 44.4 Å². The molecule has 1 aliphatic heterocycles. The Kier molecular flexibility index (Phi) is 6.57. The monoisotopic (exact) mass is 467 g/mol. The average Bonchev–Trinajstić information content (AvgIpc) is 3.40. The van der Waals surface area contributed by atoms with E-state index >= 15 is 0 Å². The number of aromatic nitrogens is 3. The topological polar surface area (TPSA) is 84.2 Å². The first kappa shape index (κ1) is 22.8. The SMILES string of the molecule is Cc1ccc(-c2noc(-c3cccnc3N3CCC(C(=O)N[C@@H](C)c4ccccc4)CC3)n2)cc1. The predicted octanol–water partition coefficient (Wildman–Crippen LogP) is 5.20. The van der Waals surface area contributed by atoms with E-state index in [0.717, 1.165) is 48.4 Å². The van der Waals surface area contributed by atoms with Gasteiger partial charge in [0.25, 0.3) is 5.89 Å². The number of anilines is 1. The Hall–Kier alpha value is -4.00. The highest BCUT2D eigenvalue weighted by Crippen LogP contribution is 2.32. The lowest BCUT2D eigenvalue weighted by molar-refractivity contribution is -0.126. The quantitative estimate of drug-likeness (QED) is 0.420. The smallest absolute Gasteiger partial charge is 0.261 e. The number of carbonyl (C=O) groups excluding carboxylic acids is 1. The summed E-state index contributed by atoms with van der Waals surface area (Å²) in [6.07, 6.45) is 3.31. The Morgan fingerprint density at radius 3 is 2.51 bits per heavy atom. The van der Waals surface area contributed by atoms with Crippen molar-refractivity contribution in [3.8, 4) is 22.8 Å². The van der Waals surface area contributed by atoms with Gasteiger partial charge in [0.1, 0.15) is 5.82 Å². The second kappa shape index (κ2) is 10.1. The van der Waals surface area contributed by atoms with Gasteiger partial charge < -0.3 is 14.7 Å². The number of pyridine rings is 1. The van der Waals surface area contributed by atoms with Crippen molar-refractivity contribution in [2.45, 2.75) is 32.7 Å². The van der Waals surface area contributed by atoms with E-state index in [1.807, 2.05) is 80.6 Å². The Morgan fingerprint density at radius 2 is 1.77 bits per heavy atom. The Morgan fingerprint density at radius 1 is 1.03 bits per heavy atom. The molecule has 7 heteroatoms. The number of hydrogen-bond donors (Lipinski definition) is 1. The van der Waals surface area contributed by atoms with E-state index in [1.165, 1.54) is 5.56 Å². The first-order chi connectivity index (χ1) is 17.1. The number of piperidine rings is 1. The summed E-state index contributed by atoms with van der Waals surface area (Å²) in [7, 11) is 0. The molecule has 1 amide bonds. The van der Waals surface area contributed by atoms with Gasteiger partial charge in [0.2, 0.25) is 11.7 Å². The van der Waals surface area contributed by atoms with Crippen molar-refractivity contribution in [2.24, 2.45) is 5.92 Å². The van der Waals surface area contributed by atoms with Crippen molar-refractivity contribution in [3.63, 3.8) is 0 Å². The summed E-state index contributed by atoms with van der Waals surface area (Å²) in [5, 5.41) is 7.35. The third-order valence-electron chi connectivity index (χ3n) is 6.58. The highest BCUT2D eigenvalue weighted by Gasteiger charge is 2.28. The van der Waals surface area contributed by atoms with E-state index in [1.54, 1.807) is 6.20 Å². The van der Waals surface area contributed by atoms with Crippen molar-refractivity contribution in [2.75, 3.05) is 18.0 Å². The maximum atomic E-state index is 12.9. The van der Waals surface area contributed by atoms with Crippen LogP contribution in [0.3, 0.4) is 0 Å². The van der Waals surface area contributed by atoms with Crippen LogP contribution >= 0.6 is 0 Å². The molecule has 1 N–H and O–H groups in total. The lowest BCUT2D eigenvalue weighted by Gasteiger charge is -2.33. The second-order valence-electron chi connectivity index (χ2n) is 9.07. The minimum absolute atomic E-state index is 0.00984. The highest BCUT2D eigenvalue weighted by atomic mass is 16.5. The number of benzene rings is 2. The zero-order valence-electron chi connectivity index (χ0n) is 20.0. The molecular weight excluding hydrogens is 438 g/mol. The second-order valence-corrected chi connectivity index (χ2v) is 9.07. The summed E-state index contributed by atoms with van der Waals surface area (Å²) in [4.78, 5) is 24.4. The van der Waals surface area contributed by atoms with Gasteiger partial charge in [0.15, 0.2) is 0 Å². The maximum absolute atomic E-state index is 12.9. The van der Waals surface area contributed by atoms with Crippen molar-refractivity contribution in [1.82, 2.24) is 20.4 Å². The molecule has 0 spiro atoms. The van der Waals surface area contributed by atoms with Gasteiger partial charge in [-0.1, -0.05) is 65.3 Å². The van der Waals surface area contributed by atoms with E-state index in [4.69, 9.17) is 4.52 Å². The van der Waals surface area contributed by atoms with Crippen LogP contribution in [0.4, 0.5) is 5.82 Å². The molecule has 0 radical (unpaired) electrons. The lowest BCUT2D eigenvalue weighted by Crippen LogP contribution is -2.41. The first-order valence-electron chi connectivity index (χ1n) is 12.0. The first-order valence-corrected chi connectivity index (χ1v) is 12.0. The molecule has 3 heterocycles. The van der Waals surface area contributed by atoms with Crippen molar-refractivity contribution in [1.29, 1.82) is 0 Å². The van der Waals surface area contributed by atoms with Crippen LogP contribution in [0.25, 0.3) is 22.8 Å². The van der Waals surface area contributed by atoms with Gasteiger partial charge in [-0.15, -0.1) is 0 Å². The molecule has 4 aromatic rings. The predicted molar refractivity (Wildman–Crippen MR) is 136 cm³/mol. The molecular formula is C28H29N5O2. The molecule has 178 valence electrons. The number of nitrogens with one attached hydrogen (secondary N) is 1. The van der Waals surface area contributed by atoms with E-state index in [9.17, 15) is 4.79 Å². The molecule has 2 aromatic heterocycles. The third-order valence-corrected chi connectivity index (χ3v) is 6.58. The molecule has 0 bridgehead atoms. The molecule has 5 rings (SSSR count). The number of hydrogen-bond acceptors (Lipinski definition) is 6. The lowest BCUT2D eigenvalue weighted by atomic mass is 9.95. The van der Waals surface area contributed by atoms with Crippen LogP contribution in [0.15, 0.2) is 77.4 Å². The molecule has 1 fully saturated rings. The minimum atomic E-state index is -0.0129. The summed E-state index contributed by atoms with van der Waals surface area (Å²) in [6, 6.07) is 21.9. The summed E-state index contributed by atoms with van der Waals surface area (Å²) < 4.78 is 5.62. The van der Waals surface area contributed by atoms with Crippen LogP contribution in [-0.2, 0) is 4.79 Å². The third kappa shape index (κ3) is 5.09. The maximum Gasteiger partial charge on any atom is 0.261 e. The Balaban J connectivity index is 1.26. The van der Waals surface area contributed by atoms with Crippen LogP contribution in [0, 0.1) is 12.8 Å². The Labute approximate surface area is 205 Å². The fourth-order valence-corrected chi connectivity index (χ4v) is 4.48. The Bertz CT molecular complexity index is 1280. The van der Waals surface area contributed by atoms with Crippen LogP contribution in [0.1, 0.15) is 36.9 Å². The van der Waals surface area contributed by atoms with Gasteiger partial charge in [-0.3, -0.25) is 4.79 Å². The number of nitrogens with zero attached hydrogens (tertiary/aromatic N) is 4. The molecule has 35 heavy (non-hydrogen) atoms. The summed E-state index contributed by atoms with van der Waals surface area (Å²) >= 11 is 0. The minimum Gasteiger partial charge on any atom is -0.356 e. The van der Waals surface area contributed by atoms with Gasteiger partial charge in [-0.2, -0.15) is 4.98 Å². The zero-order chi connectivity index (χ0) is 24.2. The van der Waals surface area contributed by atoms with Gasteiger partial charge in [-0.25, -0.2) is 4.98 Å². The normalized spacial score (nSPS) is 15.1. The van der Waals surface area contributed by atoms with Crippen LogP contribution < -0.4 is 10.2 Å². The zero-order valence-corrected chi connectivity index (χ0v) is 20.0. The van der Waals surface area contributed by atoms with Crippen LogP contribution in [0.5, 0.6) is 0 Å². The fraction of sp³-hybridized carbons (Fsp3) is 0.286. The van der Waals surface area contributed by atoms with Crippen molar-refractivity contribution < 1.29 is 9.32 Å². The van der Waals surface area contributed by atoms with Gasteiger partial charge >= 0.3 is 0 Å². The van der Waals surface area contributed by atoms with E-state index in [0.29, 0.717) is 11.7 Å². The van der Waals surface area contributed by atoms with E-state index in [-0.39, 0.29) is 17.9 Å². The van der Waals surface area contributed by atoms with Crippen molar-refractivity contribution >= 4 is 11.7 Å². The van der Waals surface area contributed by atoms with E-state index in [2.05, 4.69) is 25.3 Å². The van der Waals surface area contributed by atoms with E-state index < -0.39 is 0 Å². The molecule has 1 aliphatic rings. The number of aryl methyl sites for hydroxylation is 1. The molecule has 1 atom stereocenters. The molecule has 0 saturated carbocycles. The van der Waals surface area contributed by atoms with Crippen LogP contribution in [-0.4, -0.2) is 34.1 Å². The number of carbonyl (C=O) groups is 1. The molecule has 0 aliphatic carbocycles. The molecule has 2 aromatic carbocycles. The number of amides is 1. The van der Waals surface area contributed by atoms with Gasteiger partial charge in [0.05, 0.1) is 11.6 Å². The average molecular weight is 468 g/mol. The summed E-state index contributed by atoms with van der Waals surface area (Å²) in [5.41, 5.74) is 4.01. The largest absolute Gasteiger partial charge is 0.356 e. The number of rotatable bonds is 6. The van der Waals surface area contributed by atoms with Crippen LogP contribution in [0.2, 0.25) is 0 Å². The van der Waals surface area contributed by atoms with Gasteiger partial charge in [0, 0.05) is 30.8 Å². The standard InChI is InChI=1S/C28H29N5O2/c1-19-10-12-22(13-11-19)25-31-28(35-32-25)24-9-6-16-29-26(24)33-17-14-23(15-18-33)27(34)30-20(2)21-7-4-3-5-8-21/h3-13,16,20,23H,14-15,17-18H2,1-2H3,(H,30,34)/t20-/m0/s1.